The van der Waals surface area contributed by atoms with Crippen molar-refractivity contribution in [3.8, 4) is 0 Å². The molecule has 0 bridgehead atoms. The number of anilines is 2. The summed E-state index contributed by atoms with van der Waals surface area (Å²) in [7, 11) is -1.47. The maximum absolute atomic E-state index is 11.2. The lowest BCUT2D eigenvalue weighted by Gasteiger charge is -2.25. The van der Waals surface area contributed by atoms with Crippen LogP contribution in [0.1, 0.15) is 13.8 Å². The number of nitrogens with zero attached hydrogens (tertiary/aromatic N) is 2. The number of nitrogens with one attached hydrogen (secondary N) is 3. The molecule has 1 aromatic heterocycles. The first-order valence-corrected chi connectivity index (χ1v) is 7.34. The van der Waals surface area contributed by atoms with E-state index in [0.717, 1.165) is 6.26 Å². The SMILES string of the molecule is CNc1cc(NCC(C)(C)NS(C)(=O)=O)ncn1. The summed E-state index contributed by atoms with van der Waals surface area (Å²) in [5, 5.41) is 5.96. The molecule has 0 aliphatic rings. The average molecular weight is 273 g/mol. The fraction of sp³-hybridized carbons (Fsp3) is 0.600. The molecule has 0 saturated heterocycles. The summed E-state index contributed by atoms with van der Waals surface area (Å²) < 4.78 is 24.9. The molecule has 0 amide bonds. The molecule has 7 nitrogen and oxygen atoms in total. The highest BCUT2D eigenvalue weighted by molar-refractivity contribution is 7.88. The van der Waals surface area contributed by atoms with Crippen LogP contribution in [0.4, 0.5) is 11.6 Å². The van der Waals surface area contributed by atoms with Crippen molar-refractivity contribution < 1.29 is 8.42 Å². The van der Waals surface area contributed by atoms with Gasteiger partial charge in [-0.1, -0.05) is 0 Å². The van der Waals surface area contributed by atoms with E-state index in [1.165, 1.54) is 6.33 Å². The Bertz CT molecular complexity index is 501. The van der Waals surface area contributed by atoms with E-state index in [9.17, 15) is 8.42 Å². The van der Waals surface area contributed by atoms with Crippen molar-refractivity contribution in [2.45, 2.75) is 19.4 Å². The second-order valence-corrected chi connectivity index (χ2v) is 6.40. The van der Waals surface area contributed by atoms with E-state index >= 15 is 0 Å². The lowest BCUT2D eigenvalue weighted by Crippen LogP contribution is -2.47. The van der Waals surface area contributed by atoms with Crippen molar-refractivity contribution in [2.24, 2.45) is 0 Å². The van der Waals surface area contributed by atoms with Gasteiger partial charge < -0.3 is 10.6 Å². The molecule has 18 heavy (non-hydrogen) atoms. The molecule has 0 saturated carbocycles. The van der Waals surface area contributed by atoms with Gasteiger partial charge in [0, 0.05) is 25.2 Å². The van der Waals surface area contributed by atoms with Crippen LogP contribution < -0.4 is 15.4 Å². The lowest BCUT2D eigenvalue weighted by molar-refractivity contribution is 0.476. The molecule has 0 fully saturated rings. The molecule has 8 heteroatoms. The second-order valence-electron chi connectivity index (χ2n) is 4.65. The average Bonchev–Trinajstić information content (AvgIpc) is 2.24. The summed E-state index contributed by atoms with van der Waals surface area (Å²) in [6, 6.07) is 1.75. The Morgan fingerprint density at radius 2 is 1.89 bits per heavy atom. The van der Waals surface area contributed by atoms with Gasteiger partial charge in [0.1, 0.15) is 18.0 Å². The monoisotopic (exact) mass is 273 g/mol. The summed E-state index contributed by atoms with van der Waals surface area (Å²) >= 11 is 0. The molecular weight excluding hydrogens is 254 g/mol. The van der Waals surface area contributed by atoms with Gasteiger partial charge in [0.05, 0.1) is 6.26 Å². The normalized spacial score (nSPS) is 12.2. The highest BCUT2D eigenvalue weighted by Gasteiger charge is 2.21. The van der Waals surface area contributed by atoms with Crippen LogP contribution in [0.25, 0.3) is 0 Å². The van der Waals surface area contributed by atoms with Gasteiger partial charge in [-0.25, -0.2) is 23.1 Å². The van der Waals surface area contributed by atoms with Gasteiger partial charge in [-0.15, -0.1) is 0 Å². The van der Waals surface area contributed by atoms with Crippen LogP contribution in [-0.4, -0.2) is 43.8 Å². The Hall–Kier alpha value is -1.41. The minimum absolute atomic E-state index is 0.417. The van der Waals surface area contributed by atoms with Crippen molar-refractivity contribution in [3.05, 3.63) is 12.4 Å². The van der Waals surface area contributed by atoms with Gasteiger partial charge >= 0.3 is 0 Å². The van der Waals surface area contributed by atoms with E-state index in [1.807, 2.05) is 0 Å². The first kappa shape index (κ1) is 14.7. The van der Waals surface area contributed by atoms with Crippen LogP contribution in [-0.2, 0) is 10.0 Å². The molecular formula is C10H19N5O2S. The first-order chi connectivity index (χ1) is 8.22. The summed E-state index contributed by atoms with van der Waals surface area (Å²) in [5.41, 5.74) is -0.599. The molecule has 0 aliphatic carbocycles. The largest absolute Gasteiger partial charge is 0.373 e. The third-order valence-corrected chi connectivity index (χ3v) is 3.02. The molecule has 0 spiro atoms. The Labute approximate surface area is 107 Å². The van der Waals surface area contributed by atoms with Crippen LogP contribution in [0.2, 0.25) is 0 Å². The van der Waals surface area contributed by atoms with Gasteiger partial charge in [0.25, 0.3) is 0 Å². The van der Waals surface area contributed by atoms with Crippen molar-refractivity contribution in [1.82, 2.24) is 14.7 Å². The van der Waals surface area contributed by atoms with Crippen LogP contribution >= 0.6 is 0 Å². The predicted molar refractivity (Wildman–Crippen MR) is 72.1 cm³/mol. The standard InChI is InChI=1S/C10H19N5O2S/c1-10(2,15-18(4,16)17)6-12-9-5-8(11-3)13-7-14-9/h5,7,15H,6H2,1-4H3,(H2,11,12,13,14). The fourth-order valence-electron chi connectivity index (χ4n) is 1.44. The van der Waals surface area contributed by atoms with E-state index in [1.54, 1.807) is 27.0 Å². The smallest absolute Gasteiger partial charge is 0.209 e. The summed E-state index contributed by atoms with van der Waals surface area (Å²) in [6.45, 7) is 4.00. The van der Waals surface area contributed by atoms with Gasteiger partial charge in [0.15, 0.2) is 0 Å². The molecule has 1 aromatic rings. The maximum Gasteiger partial charge on any atom is 0.209 e. The molecule has 0 aliphatic heterocycles. The number of sulfonamides is 1. The van der Waals surface area contributed by atoms with Crippen molar-refractivity contribution in [3.63, 3.8) is 0 Å². The Morgan fingerprint density at radius 3 is 2.44 bits per heavy atom. The van der Waals surface area contributed by atoms with Crippen LogP contribution in [0.5, 0.6) is 0 Å². The maximum atomic E-state index is 11.2. The molecule has 1 rings (SSSR count). The fourth-order valence-corrected chi connectivity index (χ4v) is 2.52. The quantitative estimate of drug-likeness (QED) is 0.688. The predicted octanol–water partition coefficient (Wildman–Crippen LogP) is 0.258. The van der Waals surface area contributed by atoms with Gasteiger partial charge in [-0.05, 0) is 13.8 Å². The molecule has 0 atom stereocenters. The van der Waals surface area contributed by atoms with Crippen LogP contribution in [0.15, 0.2) is 12.4 Å². The Kier molecular flexibility index (Phi) is 4.47. The molecule has 102 valence electrons. The lowest BCUT2D eigenvalue weighted by atomic mass is 10.1. The summed E-state index contributed by atoms with van der Waals surface area (Å²) in [5.74, 6) is 1.33. The van der Waals surface area contributed by atoms with Gasteiger partial charge in [-0.2, -0.15) is 0 Å². The van der Waals surface area contributed by atoms with E-state index in [-0.39, 0.29) is 0 Å². The third kappa shape index (κ3) is 5.28. The number of hydrogen-bond donors (Lipinski definition) is 3. The molecule has 0 aromatic carbocycles. The number of aromatic nitrogens is 2. The van der Waals surface area contributed by atoms with E-state index in [2.05, 4.69) is 25.3 Å². The first-order valence-electron chi connectivity index (χ1n) is 5.44. The van der Waals surface area contributed by atoms with Crippen molar-refractivity contribution in [1.29, 1.82) is 0 Å². The summed E-state index contributed by atoms with van der Waals surface area (Å²) in [6.07, 6.45) is 2.57. The van der Waals surface area contributed by atoms with Crippen molar-refractivity contribution in [2.75, 3.05) is 30.5 Å². The zero-order chi connectivity index (χ0) is 13.8. The van der Waals surface area contributed by atoms with Gasteiger partial charge in [-0.3, -0.25) is 0 Å². The van der Waals surface area contributed by atoms with Crippen molar-refractivity contribution >= 4 is 21.7 Å². The topological polar surface area (TPSA) is 96.0 Å². The number of hydrogen-bond acceptors (Lipinski definition) is 6. The van der Waals surface area contributed by atoms with Crippen LogP contribution in [0.3, 0.4) is 0 Å². The molecule has 0 radical (unpaired) electrons. The third-order valence-electron chi connectivity index (χ3n) is 2.10. The molecule has 1 heterocycles. The van der Waals surface area contributed by atoms with E-state index < -0.39 is 15.6 Å². The molecule has 3 N–H and O–H groups in total. The zero-order valence-corrected chi connectivity index (χ0v) is 11.8. The molecule has 0 unspecified atom stereocenters. The van der Waals surface area contributed by atoms with Gasteiger partial charge in [0.2, 0.25) is 10.0 Å². The zero-order valence-electron chi connectivity index (χ0n) is 11.0. The second kappa shape index (κ2) is 5.49. The van der Waals surface area contributed by atoms with E-state index in [4.69, 9.17) is 0 Å². The number of rotatable bonds is 6. The van der Waals surface area contributed by atoms with E-state index in [0.29, 0.717) is 18.2 Å². The Morgan fingerprint density at radius 1 is 1.28 bits per heavy atom. The Balaban J connectivity index is 2.63. The van der Waals surface area contributed by atoms with Crippen LogP contribution in [0, 0.1) is 0 Å². The minimum atomic E-state index is -3.23. The minimum Gasteiger partial charge on any atom is -0.373 e. The highest BCUT2D eigenvalue weighted by atomic mass is 32.2. The summed E-state index contributed by atoms with van der Waals surface area (Å²) in [4.78, 5) is 8.04. The highest BCUT2D eigenvalue weighted by Crippen LogP contribution is 2.10.